The Morgan fingerprint density at radius 3 is 2.29 bits per heavy atom. The summed E-state index contributed by atoms with van der Waals surface area (Å²) < 4.78 is 0. The largest absolute Gasteiger partial charge is 0.326 e. The van der Waals surface area contributed by atoms with Crippen LogP contribution < -0.4 is 5.73 Å². The first-order valence-electron chi connectivity index (χ1n) is 6.09. The summed E-state index contributed by atoms with van der Waals surface area (Å²) >= 11 is 5.85. The summed E-state index contributed by atoms with van der Waals surface area (Å²) in [5.41, 5.74) is 7.22. The summed E-state index contributed by atoms with van der Waals surface area (Å²) in [5, 5.41) is 0.798. The standard InChI is InChI=1S/C14H23ClN2/c1-14(2,16)9-11-17(3)10-8-12-4-6-13(15)7-5-12/h4-7H,8-11,16H2,1-3H3. The van der Waals surface area contributed by atoms with Crippen molar-refractivity contribution in [3.8, 4) is 0 Å². The topological polar surface area (TPSA) is 29.3 Å². The Morgan fingerprint density at radius 2 is 1.76 bits per heavy atom. The Balaban J connectivity index is 2.28. The third kappa shape index (κ3) is 6.67. The predicted molar refractivity (Wildman–Crippen MR) is 75.5 cm³/mol. The van der Waals surface area contributed by atoms with Gasteiger partial charge in [-0.05, 0) is 58.0 Å². The smallest absolute Gasteiger partial charge is 0.0406 e. The number of likely N-dealkylation sites (N-methyl/N-ethyl adjacent to an activating group) is 1. The van der Waals surface area contributed by atoms with Crippen molar-refractivity contribution in [2.45, 2.75) is 32.2 Å². The Morgan fingerprint density at radius 1 is 1.18 bits per heavy atom. The van der Waals surface area contributed by atoms with E-state index in [1.165, 1.54) is 5.56 Å². The minimum absolute atomic E-state index is 0.0749. The Hall–Kier alpha value is -0.570. The molecule has 0 saturated heterocycles. The van der Waals surface area contributed by atoms with E-state index in [1.54, 1.807) is 0 Å². The molecule has 0 heterocycles. The summed E-state index contributed by atoms with van der Waals surface area (Å²) in [6.45, 7) is 6.23. The van der Waals surface area contributed by atoms with Gasteiger partial charge >= 0.3 is 0 Å². The van der Waals surface area contributed by atoms with E-state index >= 15 is 0 Å². The van der Waals surface area contributed by atoms with Gasteiger partial charge in [-0.3, -0.25) is 0 Å². The van der Waals surface area contributed by atoms with Gasteiger partial charge in [-0.25, -0.2) is 0 Å². The van der Waals surface area contributed by atoms with Crippen molar-refractivity contribution in [3.05, 3.63) is 34.9 Å². The average Bonchev–Trinajstić information content (AvgIpc) is 2.25. The molecule has 0 aromatic heterocycles. The molecule has 1 aromatic carbocycles. The second-order valence-corrected chi connectivity index (χ2v) is 5.85. The molecule has 0 bridgehead atoms. The highest BCUT2D eigenvalue weighted by molar-refractivity contribution is 6.30. The van der Waals surface area contributed by atoms with E-state index in [9.17, 15) is 0 Å². The van der Waals surface area contributed by atoms with Crippen molar-refractivity contribution in [3.63, 3.8) is 0 Å². The molecule has 0 unspecified atom stereocenters. The predicted octanol–water partition coefficient (Wildman–Crippen LogP) is 2.94. The van der Waals surface area contributed by atoms with Crippen molar-refractivity contribution < 1.29 is 0 Å². The van der Waals surface area contributed by atoms with Gasteiger partial charge in [-0.15, -0.1) is 0 Å². The van der Waals surface area contributed by atoms with Gasteiger partial charge < -0.3 is 10.6 Å². The molecule has 2 nitrogen and oxygen atoms in total. The third-order valence-electron chi connectivity index (χ3n) is 2.83. The van der Waals surface area contributed by atoms with E-state index in [0.29, 0.717) is 0 Å². The second-order valence-electron chi connectivity index (χ2n) is 5.42. The Bertz CT molecular complexity index is 327. The summed E-state index contributed by atoms with van der Waals surface area (Å²) in [5.74, 6) is 0. The molecule has 0 aliphatic rings. The minimum atomic E-state index is -0.0749. The molecule has 0 saturated carbocycles. The van der Waals surface area contributed by atoms with E-state index in [2.05, 4.69) is 37.9 Å². The van der Waals surface area contributed by atoms with Gasteiger partial charge in [0.15, 0.2) is 0 Å². The summed E-state index contributed by atoms with van der Waals surface area (Å²) in [4.78, 5) is 2.32. The average molecular weight is 255 g/mol. The maximum Gasteiger partial charge on any atom is 0.0406 e. The van der Waals surface area contributed by atoms with Crippen LogP contribution in [0.4, 0.5) is 0 Å². The maximum atomic E-state index is 5.97. The molecule has 3 heteroatoms. The van der Waals surface area contributed by atoms with Crippen LogP contribution in [0.3, 0.4) is 0 Å². The van der Waals surface area contributed by atoms with Crippen LogP contribution in [-0.2, 0) is 6.42 Å². The lowest BCUT2D eigenvalue weighted by Gasteiger charge is -2.23. The molecular weight excluding hydrogens is 232 g/mol. The zero-order valence-electron chi connectivity index (χ0n) is 11.0. The zero-order valence-corrected chi connectivity index (χ0v) is 11.8. The lowest BCUT2D eigenvalue weighted by atomic mass is 10.0. The minimum Gasteiger partial charge on any atom is -0.326 e. The van der Waals surface area contributed by atoms with E-state index < -0.39 is 0 Å². The zero-order chi connectivity index (χ0) is 12.9. The molecule has 96 valence electrons. The number of hydrogen-bond donors (Lipinski definition) is 1. The number of nitrogens with two attached hydrogens (primary N) is 1. The first-order chi connectivity index (χ1) is 7.87. The van der Waals surface area contributed by atoms with Gasteiger partial charge in [0.1, 0.15) is 0 Å². The molecule has 0 fully saturated rings. The SMILES string of the molecule is CN(CCc1ccc(Cl)cc1)CCC(C)(C)N. The van der Waals surface area contributed by atoms with Crippen molar-refractivity contribution in [2.24, 2.45) is 5.73 Å². The third-order valence-corrected chi connectivity index (χ3v) is 3.09. The number of halogens is 1. The van der Waals surface area contributed by atoms with Crippen LogP contribution in [0.25, 0.3) is 0 Å². The first-order valence-corrected chi connectivity index (χ1v) is 6.46. The molecule has 0 amide bonds. The van der Waals surface area contributed by atoms with Gasteiger partial charge in [0.05, 0.1) is 0 Å². The van der Waals surface area contributed by atoms with Crippen LogP contribution in [0.1, 0.15) is 25.8 Å². The number of benzene rings is 1. The monoisotopic (exact) mass is 254 g/mol. The van der Waals surface area contributed by atoms with Crippen LogP contribution in [0.5, 0.6) is 0 Å². The quantitative estimate of drug-likeness (QED) is 0.846. The van der Waals surface area contributed by atoms with Crippen molar-refractivity contribution in [2.75, 3.05) is 20.1 Å². The summed E-state index contributed by atoms with van der Waals surface area (Å²) in [6.07, 6.45) is 2.07. The van der Waals surface area contributed by atoms with Crippen molar-refractivity contribution in [1.82, 2.24) is 4.90 Å². The molecule has 1 aromatic rings. The number of rotatable bonds is 6. The molecule has 0 aliphatic carbocycles. The second kappa shape index (κ2) is 6.39. The highest BCUT2D eigenvalue weighted by Crippen LogP contribution is 2.10. The van der Waals surface area contributed by atoms with E-state index in [0.717, 1.165) is 31.0 Å². The summed E-state index contributed by atoms with van der Waals surface area (Å²) in [7, 11) is 2.14. The molecule has 0 atom stereocenters. The first kappa shape index (κ1) is 14.5. The molecular formula is C14H23ClN2. The molecule has 0 radical (unpaired) electrons. The van der Waals surface area contributed by atoms with Gasteiger partial charge in [0.25, 0.3) is 0 Å². The summed E-state index contributed by atoms with van der Waals surface area (Å²) in [6, 6.07) is 8.06. The normalized spacial score (nSPS) is 12.1. The van der Waals surface area contributed by atoms with Crippen LogP contribution in [0, 0.1) is 0 Å². The fraction of sp³-hybridized carbons (Fsp3) is 0.571. The molecule has 2 N–H and O–H groups in total. The Kier molecular flexibility index (Phi) is 5.44. The highest BCUT2D eigenvalue weighted by Gasteiger charge is 2.11. The van der Waals surface area contributed by atoms with Crippen molar-refractivity contribution >= 4 is 11.6 Å². The van der Waals surface area contributed by atoms with Gasteiger partial charge in [-0.1, -0.05) is 23.7 Å². The lowest BCUT2D eigenvalue weighted by Crippen LogP contribution is -2.36. The molecule has 0 spiro atoms. The van der Waals surface area contributed by atoms with Gasteiger partial charge in [-0.2, -0.15) is 0 Å². The van der Waals surface area contributed by atoms with Crippen LogP contribution >= 0.6 is 11.6 Å². The number of hydrogen-bond acceptors (Lipinski definition) is 2. The van der Waals surface area contributed by atoms with Crippen molar-refractivity contribution in [1.29, 1.82) is 0 Å². The maximum absolute atomic E-state index is 5.97. The van der Waals surface area contributed by atoms with E-state index in [-0.39, 0.29) is 5.54 Å². The van der Waals surface area contributed by atoms with Crippen LogP contribution in [0.2, 0.25) is 5.02 Å². The van der Waals surface area contributed by atoms with Gasteiger partial charge in [0, 0.05) is 17.1 Å². The highest BCUT2D eigenvalue weighted by atomic mass is 35.5. The Labute approximate surface area is 110 Å². The van der Waals surface area contributed by atoms with E-state index in [4.69, 9.17) is 17.3 Å². The lowest BCUT2D eigenvalue weighted by molar-refractivity contribution is 0.298. The van der Waals surface area contributed by atoms with Gasteiger partial charge in [0.2, 0.25) is 0 Å². The number of nitrogens with zero attached hydrogens (tertiary/aromatic N) is 1. The van der Waals surface area contributed by atoms with Crippen LogP contribution in [0.15, 0.2) is 24.3 Å². The molecule has 17 heavy (non-hydrogen) atoms. The molecule has 0 aliphatic heterocycles. The molecule has 1 rings (SSSR count). The van der Waals surface area contributed by atoms with Crippen LogP contribution in [-0.4, -0.2) is 30.6 Å². The van der Waals surface area contributed by atoms with E-state index in [1.807, 2.05) is 12.1 Å². The fourth-order valence-electron chi connectivity index (χ4n) is 1.56. The fourth-order valence-corrected chi connectivity index (χ4v) is 1.69.